The summed E-state index contributed by atoms with van der Waals surface area (Å²) in [5, 5.41) is 0. The Morgan fingerprint density at radius 3 is 2.71 bits per heavy atom. The predicted molar refractivity (Wildman–Crippen MR) is 79.7 cm³/mol. The molecule has 1 unspecified atom stereocenters. The van der Waals surface area contributed by atoms with Crippen LogP contribution in [-0.4, -0.2) is 11.8 Å². The molecule has 0 aromatic heterocycles. The number of ketones is 1. The molecule has 1 heterocycles. The van der Waals surface area contributed by atoms with Gasteiger partial charge in [0.25, 0.3) is 0 Å². The maximum absolute atomic E-state index is 12.1. The second-order valence-electron chi connectivity index (χ2n) is 5.48. The van der Waals surface area contributed by atoms with E-state index in [1.807, 2.05) is 31.2 Å². The monoisotopic (exact) mass is 280 g/mol. The third-order valence-electron chi connectivity index (χ3n) is 3.81. The third kappa shape index (κ3) is 2.59. The first kappa shape index (κ1) is 13.6. The Labute approximate surface area is 123 Å². The van der Waals surface area contributed by atoms with Gasteiger partial charge in [0.1, 0.15) is 5.75 Å². The number of hydrogen-bond acceptors (Lipinski definition) is 3. The van der Waals surface area contributed by atoms with E-state index >= 15 is 0 Å². The van der Waals surface area contributed by atoms with Crippen LogP contribution in [0.5, 0.6) is 5.75 Å². The van der Waals surface area contributed by atoms with Gasteiger partial charge in [0.15, 0.2) is 5.78 Å². The largest absolute Gasteiger partial charge is 0.426 e. The molecule has 21 heavy (non-hydrogen) atoms. The van der Waals surface area contributed by atoms with Gasteiger partial charge < -0.3 is 4.74 Å². The van der Waals surface area contributed by atoms with Gasteiger partial charge in [0.2, 0.25) is 0 Å². The van der Waals surface area contributed by atoms with E-state index in [1.54, 1.807) is 12.1 Å². The lowest BCUT2D eigenvalue weighted by molar-refractivity contribution is -0.134. The van der Waals surface area contributed by atoms with Gasteiger partial charge in [-0.15, -0.1) is 0 Å². The van der Waals surface area contributed by atoms with Crippen molar-refractivity contribution in [3.8, 4) is 5.75 Å². The summed E-state index contributed by atoms with van der Waals surface area (Å²) in [6.45, 7) is 3.53. The van der Waals surface area contributed by atoms with Crippen LogP contribution in [-0.2, 0) is 11.2 Å². The van der Waals surface area contributed by atoms with Crippen molar-refractivity contribution < 1.29 is 14.3 Å². The molecule has 0 N–H and O–H groups in total. The molecule has 0 fully saturated rings. The van der Waals surface area contributed by atoms with E-state index in [4.69, 9.17) is 4.74 Å². The van der Waals surface area contributed by atoms with Gasteiger partial charge in [0.05, 0.1) is 5.92 Å². The summed E-state index contributed by atoms with van der Waals surface area (Å²) in [4.78, 5) is 23.5. The van der Waals surface area contributed by atoms with Crippen LogP contribution in [0.4, 0.5) is 0 Å². The minimum atomic E-state index is -0.289. The van der Waals surface area contributed by atoms with E-state index < -0.39 is 0 Å². The topological polar surface area (TPSA) is 43.4 Å². The van der Waals surface area contributed by atoms with Crippen molar-refractivity contribution in [3.63, 3.8) is 0 Å². The first-order valence-electron chi connectivity index (χ1n) is 6.97. The van der Waals surface area contributed by atoms with Crippen LogP contribution in [0.3, 0.4) is 0 Å². The number of esters is 1. The molecular weight excluding hydrogens is 264 g/mol. The number of benzene rings is 2. The summed E-state index contributed by atoms with van der Waals surface area (Å²) in [6, 6.07) is 13.4. The second kappa shape index (κ2) is 5.17. The van der Waals surface area contributed by atoms with Crippen molar-refractivity contribution in [2.45, 2.75) is 26.2 Å². The summed E-state index contributed by atoms with van der Waals surface area (Å²) < 4.78 is 5.32. The Balaban J connectivity index is 1.92. The number of Topliss-reactive ketones (excluding diaryl/α,β-unsaturated/α-hetero) is 1. The zero-order valence-electron chi connectivity index (χ0n) is 12.1. The van der Waals surface area contributed by atoms with Crippen LogP contribution >= 0.6 is 0 Å². The van der Waals surface area contributed by atoms with Crippen molar-refractivity contribution in [3.05, 3.63) is 64.7 Å². The van der Waals surface area contributed by atoms with Gasteiger partial charge in [0, 0.05) is 11.1 Å². The maximum atomic E-state index is 12.1. The Bertz CT molecular complexity index is 731. The summed E-state index contributed by atoms with van der Waals surface area (Å²) in [5.74, 6) is -0.0450. The van der Waals surface area contributed by atoms with E-state index in [9.17, 15) is 9.59 Å². The average molecular weight is 280 g/mol. The van der Waals surface area contributed by atoms with Crippen molar-refractivity contribution in [2.75, 3.05) is 0 Å². The molecule has 1 aliphatic rings. The number of carbonyl (C=O) groups excluding carboxylic acids is 2. The van der Waals surface area contributed by atoms with Crippen LogP contribution < -0.4 is 4.74 Å². The fourth-order valence-corrected chi connectivity index (χ4v) is 2.70. The maximum Gasteiger partial charge on any atom is 0.319 e. The molecule has 0 spiro atoms. The Hall–Kier alpha value is -2.42. The Kier molecular flexibility index (Phi) is 3.34. The second-order valence-corrected chi connectivity index (χ2v) is 5.48. The van der Waals surface area contributed by atoms with E-state index in [0.29, 0.717) is 17.7 Å². The highest BCUT2D eigenvalue weighted by atomic mass is 16.5. The summed E-state index contributed by atoms with van der Waals surface area (Å²) in [5.41, 5.74) is 3.72. The summed E-state index contributed by atoms with van der Waals surface area (Å²) in [6.07, 6.45) is 0.618. The number of fused-ring (bicyclic) bond motifs is 1. The minimum Gasteiger partial charge on any atom is -0.426 e. The lowest BCUT2D eigenvalue weighted by Gasteiger charge is -2.08. The lowest BCUT2D eigenvalue weighted by Crippen LogP contribution is -2.12. The van der Waals surface area contributed by atoms with Gasteiger partial charge in [-0.05, 0) is 31.9 Å². The van der Waals surface area contributed by atoms with Crippen LogP contribution in [0.15, 0.2) is 42.5 Å². The van der Waals surface area contributed by atoms with Gasteiger partial charge in [-0.3, -0.25) is 9.59 Å². The highest BCUT2D eigenvalue weighted by molar-refractivity contribution is 5.96. The molecule has 3 heteroatoms. The Morgan fingerprint density at radius 2 is 2.00 bits per heavy atom. The smallest absolute Gasteiger partial charge is 0.319 e. The molecule has 0 amide bonds. The number of hydrogen-bond donors (Lipinski definition) is 0. The van der Waals surface area contributed by atoms with Crippen LogP contribution in [0.2, 0.25) is 0 Å². The molecule has 3 nitrogen and oxygen atoms in total. The molecule has 0 aliphatic carbocycles. The molecule has 0 saturated carbocycles. The van der Waals surface area contributed by atoms with Gasteiger partial charge in [-0.2, -0.15) is 0 Å². The van der Waals surface area contributed by atoms with Crippen LogP contribution in [0.25, 0.3) is 0 Å². The molecule has 2 aromatic rings. The van der Waals surface area contributed by atoms with Crippen LogP contribution in [0, 0.1) is 6.92 Å². The first-order valence-corrected chi connectivity index (χ1v) is 6.97. The highest BCUT2D eigenvalue weighted by Gasteiger charge is 2.33. The normalized spacial score (nSPS) is 16.5. The molecule has 1 atom stereocenters. The van der Waals surface area contributed by atoms with E-state index in [2.05, 4.69) is 6.07 Å². The van der Waals surface area contributed by atoms with Crippen molar-refractivity contribution in [1.29, 1.82) is 0 Å². The third-order valence-corrected chi connectivity index (χ3v) is 3.81. The average Bonchev–Trinajstić information content (AvgIpc) is 2.74. The van der Waals surface area contributed by atoms with E-state index in [-0.39, 0.29) is 17.7 Å². The van der Waals surface area contributed by atoms with Gasteiger partial charge >= 0.3 is 5.97 Å². The molecular formula is C18H16O3. The molecule has 2 aromatic carbocycles. The van der Waals surface area contributed by atoms with Gasteiger partial charge in [-0.1, -0.05) is 42.0 Å². The zero-order chi connectivity index (χ0) is 15.0. The van der Waals surface area contributed by atoms with E-state index in [1.165, 1.54) is 12.5 Å². The fourth-order valence-electron chi connectivity index (χ4n) is 2.70. The predicted octanol–water partition coefficient (Wildman–Crippen LogP) is 3.44. The summed E-state index contributed by atoms with van der Waals surface area (Å²) in [7, 11) is 0. The zero-order valence-corrected chi connectivity index (χ0v) is 12.1. The van der Waals surface area contributed by atoms with Crippen LogP contribution in [0.1, 0.15) is 39.9 Å². The number of ether oxygens (including phenoxy) is 1. The fraction of sp³-hybridized carbons (Fsp3) is 0.222. The highest BCUT2D eigenvalue weighted by Crippen LogP contribution is 2.37. The SMILES string of the molecule is CC(=O)c1ccc2c(c1)OC(=O)C2Cc1cccc(C)c1. The molecule has 0 bridgehead atoms. The summed E-state index contributed by atoms with van der Waals surface area (Å²) >= 11 is 0. The van der Waals surface area contributed by atoms with Crippen molar-refractivity contribution >= 4 is 11.8 Å². The number of aryl methyl sites for hydroxylation is 1. The molecule has 0 radical (unpaired) electrons. The number of carbonyl (C=O) groups is 2. The van der Waals surface area contributed by atoms with Crippen molar-refractivity contribution in [1.82, 2.24) is 0 Å². The number of rotatable bonds is 3. The Morgan fingerprint density at radius 1 is 1.19 bits per heavy atom. The standard InChI is InChI=1S/C18H16O3/c1-11-4-3-5-13(8-11)9-16-15-7-6-14(12(2)19)10-17(15)21-18(16)20/h3-8,10,16H,9H2,1-2H3. The molecule has 0 saturated heterocycles. The molecule has 3 rings (SSSR count). The van der Waals surface area contributed by atoms with Gasteiger partial charge in [-0.25, -0.2) is 0 Å². The van der Waals surface area contributed by atoms with E-state index in [0.717, 1.165) is 11.1 Å². The lowest BCUT2D eigenvalue weighted by atomic mass is 9.92. The minimum absolute atomic E-state index is 0.0315. The quantitative estimate of drug-likeness (QED) is 0.491. The van der Waals surface area contributed by atoms with Crippen molar-refractivity contribution in [2.24, 2.45) is 0 Å². The molecule has 1 aliphatic heterocycles. The molecule has 106 valence electrons. The first-order chi connectivity index (χ1) is 10.0.